The molecule has 0 spiro atoms. The van der Waals surface area contributed by atoms with E-state index in [4.69, 9.17) is 23.2 Å². The average Bonchev–Trinajstić information content (AvgIpc) is 3.07. The van der Waals surface area contributed by atoms with Crippen LogP contribution in [0.3, 0.4) is 0 Å². The van der Waals surface area contributed by atoms with E-state index in [1.807, 2.05) is 0 Å². The molecule has 1 aliphatic carbocycles. The summed E-state index contributed by atoms with van der Waals surface area (Å²) in [4.78, 5) is 14.7. The number of nitrogens with one attached hydrogen (secondary N) is 2. The van der Waals surface area contributed by atoms with Gasteiger partial charge in [0.2, 0.25) is 10.0 Å². The molecule has 164 valence electrons. The molecule has 1 heterocycles. The van der Waals surface area contributed by atoms with Gasteiger partial charge in [-0.1, -0.05) is 54.6 Å². The lowest BCUT2D eigenvalue weighted by Crippen LogP contribution is -2.36. The van der Waals surface area contributed by atoms with Crippen LogP contribution in [0, 0.1) is 0 Å². The second-order valence-corrected chi connectivity index (χ2v) is 10.3. The van der Waals surface area contributed by atoms with Crippen LogP contribution in [0.4, 0.5) is 0 Å². The first-order valence-electron chi connectivity index (χ1n) is 10.1. The van der Waals surface area contributed by atoms with Gasteiger partial charge in [0.05, 0.1) is 22.2 Å². The van der Waals surface area contributed by atoms with Gasteiger partial charge in [-0.3, -0.25) is 4.79 Å². The number of halogens is 2. The maximum absolute atomic E-state index is 13.1. The number of rotatable bonds is 6. The van der Waals surface area contributed by atoms with Crippen LogP contribution in [0.1, 0.15) is 37.7 Å². The molecule has 9 heteroatoms. The number of benzene rings is 2. The van der Waals surface area contributed by atoms with Crippen LogP contribution in [-0.2, 0) is 21.2 Å². The van der Waals surface area contributed by atoms with Gasteiger partial charge >= 0.3 is 5.97 Å². The molecular weight excluding hydrogens is 459 g/mol. The van der Waals surface area contributed by atoms with Crippen molar-refractivity contribution in [1.82, 2.24) is 9.71 Å². The quantitative estimate of drug-likeness (QED) is 0.440. The van der Waals surface area contributed by atoms with Crippen molar-refractivity contribution in [2.45, 2.75) is 49.5 Å². The minimum atomic E-state index is -3.83. The number of H-pyrrole nitrogens is 1. The van der Waals surface area contributed by atoms with Gasteiger partial charge in [0.25, 0.3) is 0 Å². The summed E-state index contributed by atoms with van der Waals surface area (Å²) < 4.78 is 28.9. The Morgan fingerprint density at radius 1 is 1.10 bits per heavy atom. The number of carboxylic acid groups (broad SMARTS) is 1. The van der Waals surface area contributed by atoms with Crippen molar-refractivity contribution < 1.29 is 18.3 Å². The Labute approximate surface area is 190 Å². The lowest BCUT2D eigenvalue weighted by Gasteiger charge is -2.23. The highest BCUT2D eigenvalue weighted by molar-refractivity contribution is 7.89. The summed E-state index contributed by atoms with van der Waals surface area (Å²) in [5.41, 5.74) is 2.21. The summed E-state index contributed by atoms with van der Waals surface area (Å²) in [6.07, 6.45) is 4.46. The Balaban J connectivity index is 1.80. The topological polar surface area (TPSA) is 99.3 Å². The molecular formula is C22H22Cl2N2O4S. The van der Waals surface area contributed by atoms with E-state index in [0.29, 0.717) is 32.7 Å². The molecule has 1 fully saturated rings. The Morgan fingerprint density at radius 2 is 1.84 bits per heavy atom. The molecule has 0 radical (unpaired) electrons. The summed E-state index contributed by atoms with van der Waals surface area (Å²) in [5.74, 6) is -1.01. The van der Waals surface area contributed by atoms with Crippen LogP contribution >= 0.6 is 23.2 Å². The van der Waals surface area contributed by atoms with E-state index in [-0.39, 0.29) is 22.4 Å². The highest BCUT2D eigenvalue weighted by Crippen LogP contribution is 2.37. The van der Waals surface area contributed by atoms with Gasteiger partial charge < -0.3 is 10.1 Å². The number of aromatic nitrogens is 1. The maximum atomic E-state index is 13.1. The molecule has 0 aliphatic heterocycles. The molecule has 3 N–H and O–H groups in total. The molecule has 0 amide bonds. The lowest BCUT2D eigenvalue weighted by molar-refractivity contribution is -0.136. The zero-order valence-electron chi connectivity index (χ0n) is 16.6. The molecule has 0 saturated heterocycles. The van der Waals surface area contributed by atoms with Crippen LogP contribution in [-0.4, -0.2) is 30.5 Å². The Morgan fingerprint density at radius 3 is 2.55 bits per heavy atom. The fourth-order valence-electron chi connectivity index (χ4n) is 4.21. The van der Waals surface area contributed by atoms with Crippen LogP contribution in [0.25, 0.3) is 22.2 Å². The maximum Gasteiger partial charge on any atom is 0.307 e. The van der Waals surface area contributed by atoms with Gasteiger partial charge in [-0.15, -0.1) is 0 Å². The van der Waals surface area contributed by atoms with E-state index >= 15 is 0 Å². The van der Waals surface area contributed by atoms with E-state index in [0.717, 1.165) is 32.1 Å². The zero-order valence-corrected chi connectivity index (χ0v) is 18.9. The number of fused-ring (bicyclic) bond motifs is 1. The SMILES string of the molecule is O=C(O)Cc1c(-c2ccc(Cl)c(S(=O)(=O)NC3CCCCC3)c2)[nH]c2cccc(Cl)c12. The summed E-state index contributed by atoms with van der Waals surface area (Å²) in [7, 11) is -3.83. The summed E-state index contributed by atoms with van der Waals surface area (Å²) in [5, 5.41) is 10.6. The third kappa shape index (κ3) is 4.60. The molecule has 0 atom stereocenters. The highest BCUT2D eigenvalue weighted by atomic mass is 35.5. The van der Waals surface area contributed by atoms with Gasteiger partial charge in [-0.25, -0.2) is 13.1 Å². The van der Waals surface area contributed by atoms with Crippen LogP contribution in [0.2, 0.25) is 10.0 Å². The number of carbonyl (C=O) groups is 1. The second-order valence-electron chi connectivity index (χ2n) is 7.81. The third-order valence-corrected chi connectivity index (χ3v) is 7.96. The number of carboxylic acids is 1. The van der Waals surface area contributed by atoms with Gasteiger partial charge in [0.1, 0.15) is 4.90 Å². The van der Waals surface area contributed by atoms with Gasteiger partial charge in [-0.05, 0) is 48.2 Å². The number of aliphatic carboxylic acids is 1. The molecule has 0 bridgehead atoms. The minimum absolute atomic E-state index is 0.0248. The van der Waals surface area contributed by atoms with Crippen molar-refractivity contribution in [3.63, 3.8) is 0 Å². The minimum Gasteiger partial charge on any atom is -0.481 e. The van der Waals surface area contributed by atoms with E-state index in [1.165, 1.54) is 12.1 Å². The first kappa shape index (κ1) is 22.1. The normalized spacial score (nSPS) is 15.4. The zero-order chi connectivity index (χ0) is 22.2. The molecule has 2 aromatic carbocycles. The van der Waals surface area contributed by atoms with Gasteiger partial charge in [0.15, 0.2) is 0 Å². The predicted octanol–water partition coefficient (Wildman–Crippen LogP) is 5.38. The number of aromatic amines is 1. The summed E-state index contributed by atoms with van der Waals surface area (Å²) >= 11 is 12.6. The number of hydrogen-bond acceptors (Lipinski definition) is 3. The van der Waals surface area contributed by atoms with E-state index in [2.05, 4.69) is 9.71 Å². The van der Waals surface area contributed by atoms with Crippen LogP contribution in [0.5, 0.6) is 0 Å². The Hall–Kier alpha value is -2.06. The fourth-order valence-corrected chi connectivity index (χ4v) is 6.33. The third-order valence-electron chi connectivity index (χ3n) is 5.64. The molecule has 1 aliphatic rings. The van der Waals surface area contributed by atoms with Crippen molar-refractivity contribution in [3.8, 4) is 11.3 Å². The molecule has 0 unspecified atom stereocenters. The van der Waals surface area contributed by atoms with E-state index in [9.17, 15) is 18.3 Å². The molecule has 3 aromatic rings. The van der Waals surface area contributed by atoms with E-state index in [1.54, 1.807) is 24.3 Å². The van der Waals surface area contributed by atoms with E-state index < -0.39 is 16.0 Å². The monoisotopic (exact) mass is 480 g/mol. The van der Waals surface area contributed by atoms with Crippen LogP contribution in [0.15, 0.2) is 41.3 Å². The Kier molecular flexibility index (Phi) is 6.30. The van der Waals surface area contributed by atoms with Crippen molar-refractivity contribution in [2.24, 2.45) is 0 Å². The number of hydrogen-bond donors (Lipinski definition) is 3. The first-order chi connectivity index (χ1) is 14.8. The number of sulfonamides is 1. The fraction of sp³-hybridized carbons (Fsp3) is 0.318. The van der Waals surface area contributed by atoms with Crippen LogP contribution < -0.4 is 4.72 Å². The summed E-state index contributed by atoms with van der Waals surface area (Å²) in [6, 6.07) is 9.83. The second kappa shape index (κ2) is 8.82. The standard InChI is InChI=1S/C22H22Cl2N2O4S/c23-16-10-9-13(11-19(16)31(29,30)26-14-5-2-1-3-6-14)22-15(12-20(27)28)21-17(24)7-4-8-18(21)25-22/h4,7-11,14,25-26H,1-3,5-6,12H2,(H,27,28). The molecule has 4 rings (SSSR count). The first-order valence-corrected chi connectivity index (χ1v) is 12.3. The van der Waals surface area contributed by atoms with Crippen molar-refractivity contribution in [1.29, 1.82) is 0 Å². The lowest BCUT2D eigenvalue weighted by atomic mass is 9.96. The Bertz CT molecular complexity index is 1250. The predicted molar refractivity (Wildman–Crippen MR) is 122 cm³/mol. The highest BCUT2D eigenvalue weighted by Gasteiger charge is 2.25. The molecule has 31 heavy (non-hydrogen) atoms. The summed E-state index contributed by atoms with van der Waals surface area (Å²) in [6.45, 7) is 0. The van der Waals surface area contributed by atoms with Crippen molar-refractivity contribution >= 4 is 50.1 Å². The van der Waals surface area contributed by atoms with Crippen molar-refractivity contribution in [2.75, 3.05) is 0 Å². The molecule has 6 nitrogen and oxygen atoms in total. The molecule has 1 aromatic heterocycles. The van der Waals surface area contributed by atoms with Crippen molar-refractivity contribution in [3.05, 3.63) is 52.0 Å². The average molecular weight is 481 g/mol. The largest absolute Gasteiger partial charge is 0.481 e. The smallest absolute Gasteiger partial charge is 0.307 e. The molecule has 1 saturated carbocycles. The van der Waals surface area contributed by atoms with Gasteiger partial charge in [-0.2, -0.15) is 0 Å². The van der Waals surface area contributed by atoms with Gasteiger partial charge in [0, 0.05) is 16.9 Å².